The lowest BCUT2D eigenvalue weighted by molar-refractivity contribution is -0.131. The van der Waals surface area contributed by atoms with Gasteiger partial charge in [0.1, 0.15) is 5.75 Å². The number of para-hydroxylation sites is 1. The van der Waals surface area contributed by atoms with Gasteiger partial charge in [0.05, 0.1) is 18.9 Å². The normalized spacial score (nSPS) is 15.8. The first kappa shape index (κ1) is 20.5. The monoisotopic (exact) mass is 420 g/mol. The van der Waals surface area contributed by atoms with Gasteiger partial charge in [0.2, 0.25) is 17.7 Å². The molecule has 1 fully saturated rings. The van der Waals surface area contributed by atoms with Gasteiger partial charge < -0.3 is 14.6 Å². The number of aromatic amines is 1. The number of aromatic nitrogens is 1. The number of nitrogens with one attached hydrogen (secondary N) is 3. The number of fused-ring (bicyclic) bond motifs is 1. The maximum absolute atomic E-state index is 12.5. The van der Waals surface area contributed by atoms with Crippen molar-refractivity contribution in [1.82, 2.24) is 15.8 Å². The number of carbonyl (C=O) groups excluding carboxylic acids is 3. The molecule has 1 saturated heterocycles. The highest BCUT2D eigenvalue weighted by molar-refractivity contribution is 6.00. The summed E-state index contributed by atoms with van der Waals surface area (Å²) < 4.78 is 5.42. The molecular formula is C23H24N4O4. The van der Waals surface area contributed by atoms with Crippen molar-refractivity contribution in [2.75, 3.05) is 18.1 Å². The first-order valence-corrected chi connectivity index (χ1v) is 10.2. The lowest BCUT2D eigenvalue weighted by Gasteiger charge is -2.17. The molecule has 2 aromatic carbocycles. The minimum Gasteiger partial charge on any atom is -0.494 e. The van der Waals surface area contributed by atoms with E-state index in [1.807, 2.05) is 31.2 Å². The van der Waals surface area contributed by atoms with Crippen molar-refractivity contribution in [3.63, 3.8) is 0 Å². The van der Waals surface area contributed by atoms with E-state index in [1.54, 1.807) is 35.4 Å². The van der Waals surface area contributed by atoms with Gasteiger partial charge in [0, 0.05) is 35.8 Å². The van der Waals surface area contributed by atoms with Crippen molar-refractivity contribution in [1.29, 1.82) is 0 Å². The average molecular weight is 420 g/mol. The maximum Gasteiger partial charge on any atom is 0.243 e. The van der Waals surface area contributed by atoms with Crippen LogP contribution in [-0.4, -0.2) is 35.9 Å². The Balaban J connectivity index is 1.30. The number of nitrogens with zero attached hydrogens (tertiary/aromatic N) is 1. The molecule has 8 nitrogen and oxygen atoms in total. The van der Waals surface area contributed by atoms with E-state index >= 15 is 0 Å². The van der Waals surface area contributed by atoms with E-state index in [0.717, 1.165) is 22.2 Å². The molecule has 0 bridgehead atoms. The first-order valence-electron chi connectivity index (χ1n) is 10.2. The fourth-order valence-electron chi connectivity index (χ4n) is 3.75. The largest absolute Gasteiger partial charge is 0.494 e. The molecule has 4 rings (SSSR count). The zero-order valence-corrected chi connectivity index (χ0v) is 17.2. The van der Waals surface area contributed by atoms with Crippen molar-refractivity contribution < 1.29 is 19.1 Å². The summed E-state index contributed by atoms with van der Waals surface area (Å²) in [5.41, 5.74) is 7.42. The van der Waals surface area contributed by atoms with Crippen molar-refractivity contribution in [3.05, 3.63) is 60.3 Å². The highest BCUT2D eigenvalue weighted by Crippen LogP contribution is 2.27. The number of hydrogen-bond acceptors (Lipinski definition) is 4. The number of anilines is 1. The average Bonchev–Trinajstić information content (AvgIpc) is 3.37. The summed E-state index contributed by atoms with van der Waals surface area (Å²) in [4.78, 5) is 41.9. The SMILES string of the molecule is CCOc1ccc(N2CC(C(=O)NNC(=O)Cc3c[nH]c4ccccc34)CC2=O)cc1. The molecule has 3 aromatic rings. The Morgan fingerprint density at radius 2 is 1.90 bits per heavy atom. The molecule has 0 radical (unpaired) electrons. The van der Waals surface area contributed by atoms with Gasteiger partial charge in [-0.05, 0) is 42.8 Å². The minimum atomic E-state index is -0.535. The topological polar surface area (TPSA) is 104 Å². The predicted octanol–water partition coefficient (Wildman–Crippen LogP) is 2.31. The van der Waals surface area contributed by atoms with Crippen molar-refractivity contribution in [2.24, 2.45) is 5.92 Å². The molecule has 3 amide bonds. The van der Waals surface area contributed by atoms with E-state index in [2.05, 4.69) is 15.8 Å². The molecule has 1 atom stereocenters. The van der Waals surface area contributed by atoms with Crippen LogP contribution in [0.25, 0.3) is 10.9 Å². The van der Waals surface area contributed by atoms with Crippen molar-refractivity contribution >= 4 is 34.3 Å². The van der Waals surface area contributed by atoms with Gasteiger partial charge in [-0.25, -0.2) is 0 Å². The second-order valence-corrected chi connectivity index (χ2v) is 7.41. The molecule has 1 aromatic heterocycles. The Kier molecular flexibility index (Phi) is 5.88. The number of H-pyrrole nitrogens is 1. The minimum absolute atomic E-state index is 0.0946. The molecule has 1 aliphatic heterocycles. The molecule has 1 unspecified atom stereocenters. The molecule has 0 spiro atoms. The zero-order valence-electron chi connectivity index (χ0n) is 17.2. The zero-order chi connectivity index (χ0) is 21.8. The maximum atomic E-state index is 12.5. The number of ether oxygens (including phenoxy) is 1. The summed E-state index contributed by atoms with van der Waals surface area (Å²) >= 11 is 0. The Morgan fingerprint density at radius 3 is 2.68 bits per heavy atom. The quantitative estimate of drug-likeness (QED) is 0.533. The van der Waals surface area contributed by atoms with Gasteiger partial charge in [-0.1, -0.05) is 18.2 Å². The summed E-state index contributed by atoms with van der Waals surface area (Å²) in [6, 6.07) is 14.9. The number of benzene rings is 2. The summed E-state index contributed by atoms with van der Waals surface area (Å²) in [5, 5.41) is 0.969. The van der Waals surface area contributed by atoms with Crippen LogP contribution in [0.2, 0.25) is 0 Å². The molecule has 8 heteroatoms. The van der Waals surface area contributed by atoms with Crippen LogP contribution >= 0.6 is 0 Å². The molecule has 31 heavy (non-hydrogen) atoms. The Morgan fingerprint density at radius 1 is 1.13 bits per heavy atom. The Hall–Kier alpha value is -3.81. The van der Waals surface area contributed by atoms with Gasteiger partial charge in [-0.2, -0.15) is 0 Å². The van der Waals surface area contributed by atoms with Gasteiger partial charge in [-0.3, -0.25) is 25.2 Å². The lowest BCUT2D eigenvalue weighted by atomic mass is 10.1. The summed E-state index contributed by atoms with van der Waals surface area (Å²) in [7, 11) is 0. The Labute approximate surface area is 179 Å². The van der Waals surface area contributed by atoms with E-state index < -0.39 is 5.92 Å². The van der Waals surface area contributed by atoms with E-state index in [0.29, 0.717) is 12.3 Å². The summed E-state index contributed by atoms with van der Waals surface area (Å²) in [6.07, 6.45) is 2.01. The highest BCUT2D eigenvalue weighted by atomic mass is 16.5. The van der Waals surface area contributed by atoms with Gasteiger partial charge in [0.25, 0.3) is 0 Å². The standard InChI is InChI=1S/C23H24N4O4/c1-2-31-18-9-7-17(8-10-18)27-14-16(12-22(27)29)23(30)26-25-21(28)11-15-13-24-20-6-4-3-5-19(15)20/h3-10,13,16,24H,2,11-12,14H2,1H3,(H,25,28)(H,26,30). The summed E-state index contributed by atoms with van der Waals surface area (Å²) in [5.74, 6) is -0.646. The van der Waals surface area contributed by atoms with Crippen molar-refractivity contribution in [3.8, 4) is 5.75 Å². The van der Waals surface area contributed by atoms with Crippen LogP contribution in [0.4, 0.5) is 5.69 Å². The van der Waals surface area contributed by atoms with Crippen LogP contribution in [0.1, 0.15) is 18.9 Å². The molecule has 3 N–H and O–H groups in total. The van der Waals surface area contributed by atoms with Gasteiger partial charge in [0.15, 0.2) is 0 Å². The molecule has 0 saturated carbocycles. The Bertz CT molecular complexity index is 1110. The number of hydrazine groups is 1. The van der Waals surface area contributed by atoms with Gasteiger partial charge in [-0.15, -0.1) is 0 Å². The molecular weight excluding hydrogens is 396 g/mol. The third-order valence-corrected chi connectivity index (χ3v) is 5.31. The van der Waals surface area contributed by atoms with Crippen LogP contribution < -0.4 is 20.5 Å². The number of hydrogen-bond donors (Lipinski definition) is 3. The third kappa shape index (κ3) is 4.53. The third-order valence-electron chi connectivity index (χ3n) is 5.31. The second kappa shape index (κ2) is 8.91. The van der Waals surface area contributed by atoms with Crippen LogP contribution in [0.3, 0.4) is 0 Å². The molecule has 160 valence electrons. The smallest absolute Gasteiger partial charge is 0.243 e. The molecule has 1 aliphatic rings. The number of rotatable bonds is 6. The predicted molar refractivity (Wildman–Crippen MR) is 116 cm³/mol. The van der Waals surface area contributed by atoms with Crippen LogP contribution in [0.15, 0.2) is 54.7 Å². The van der Waals surface area contributed by atoms with E-state index in [1.165, 1.54) is 0 Å². The second-order valence-electron chi connectivity index (χ2n) is 7.41. The fraction of sp³-hybridized carbons (Fsp3) is 0.261. The van der Waals surface area contributed by atoms with Crippen LogP contribution in [0, 0.1) is 5.92 Å². The first-order chi connectivity index (χ1) is 15.0. The number of carbonyl (C=O) groups is 3. The van der Waals surface area contributed by atoms with Crippen LogP contribution in [-0.2, 0) is 20.8 Å². The number of amides is 3. The lowest BCUT2D eigenvalue weighted by Crippen LogP contribution is -2.45. The molecule has 0 aliphatic carbocycles. The van der Waals surface area contributed by atoms with Crippen molar-refractivity contribution in [2.45, 2.75) is 19.8 Å². The van der Waals surface area contributed by atoms with E-state index in [-0.39, 0.29) is 37.1 Å². The van der Waals surface area contributed by atoms with Crippen LogP contribution in [0.5, 0.6) is 5.75 Å². The highest BCUT2D eigenvalue weighted by Gasteiger charge is 2.35. The van der Waals surface area contributed by atoms with E-state index in [4.69, 9.17) is 4.74 Å². The fourth-order valence-corrected chi connectivity index (χ4v) is 3.75. The summed E-state index contributed by atoms with van der Waals surface area (Å²) in [6.45, 7) is 2.73. The molecule has 2 heterocycles. The van der Waals surface area contributed by atoms with Gasteiger partial charge >= 0.3 is 0 Å². The van der Waals surface area contributed by atoms with E-state index in [9.17, 15) is 14.4 Å².